The van der Waals surface area contributed by atoms with Crippen LogP contribution in [0.5, 0.6) is 0 Å². The second kappa shape index (κ2) is 4.79. The number of benzene rings is 1. The molecule has 3 heterocycles. The topological polar surface area (TPSA) is 51.8 Å². The van der Waals surface area contributed by atoms with E-state index in [0.29, 0.717) is 11.7 Å². The lowest BCUT2D eigenvalue weighted by molar-refractivity contribution is 0.433. The van der Waals surface area contributed by atoms with Crippen LogP contribution in [0, 0.1) is 6.92 Å². The van der Waals surface area contributed by atoms with Crippen LogP contribution in [0.1, 0.15) is 5.69 Å². The average molecular weight is 293 g/mol. The summed E-state index contributed by atoms with van der Waals surface area (Å²) in [4.78, 5) is 10.0. The highest BCUT2D eigenvalue weighted by Crippen LogP contribution is 2.29. The zero-order chi connectivity index (χ0) is 14.2. The van der Waals surface area contributed by atoms with Gasteiger partial charge in [-0.1, -0.05) is 29.4 Å². The molecule has 0 spiro atoms. The molecule has 0 saturated carbocycles. The smallest absolute Gasteiger partial charge is 0.268 e. The molecule has 0 fully saturated rings. The number of nitrogens with zero attached hydrogens (tertiary/aromatic N) is 3. The summed E-state index contributed by atoms with van der Waals surface area (Å²) in [5, 5.41) is 7.15. The van der Waals surface area contributed by atoms with Gasteiger partial charge in [-0.3, -0.25) is 4.98 Å². The van der Waals surface area contributed by atoms with E-state index < -0.39 is 0 Å². The minimum Gasteiger partial charge on any atom is -0.333 e. The van der Waals surface area contributed by atoms with Crippen LogP contribution >= 0.6 is 11.3 Å². The van der Waals surface area contributed by atoms with Crippen molar-refractivity contribution in [3.63, 3.8) is 0 Å². The van der Waals surface area contributed by atoms with Crippen molar-refractivity contribution in [1.29, 1.82) is 0 Å². The molecule has 3 aromatic heterocycles. The molecule has 4 rings (SSSR count). The molecule has 0 aliphatic carbocycles. The zero-order valence-electron chi connectivity index (χ0n) is 11.3. The Bertz CT molecular complexity index is 912. The maximum absolute atomic E-state index is 5.38. The molecular formula is C16H11N3OS. The summed E-state index contributed by atoms with van der Waals surface area (Å²) >= 11 is 1.58. The van der Waals surface area contributed by atoms with E-state index in [4.69, 9.17) is 4.52 Å². The monoisotopic (exact) mass is 293 g/mol. The maximum atomic E-state index is 5.38. The van der Waals surface area contributed by atoms with Crippen LogP contribution in [0.15, 0.2) is 52.4 Å². The fourth-order valence-corrected chi connectivity index (χ4v) is 2.97. The number of aromatic nitrogens is 3. The Morgan fingerprint density at radius 2 is 1.95 bits per heavy atom. The lowest BCUT2D eigenvalue weighted by Gasteiger charge is -2.03. The second-order valence-corrected chi connectivity index (χ2v) is 5.68. The summed E-state index contributed by atoms with van der Waals surface area (Å²) < 4.78 is 5.38. The molecule has 0 saturated heterocycles. The normalized spacial score (nSPS) is 11.1. The third-order valence-electron chi connectivity index (χ3n) is 3.24. The van der Waals surface area contributed by atoms with Crippen LogP contribution in [0.2, 0.25) is 0 Å². The van der Waals surface area contributed by atoms with Crippen molar-refractivity contribution < 1.29 is 4.52 Å². The molecule has 1 aromatic carbocycles. The summed E-state index contributed by atoms with van der Waals surface area (Å²) in [7, 11) is 0. The first-order chi connectivity index (χ1) is 10.3. The van der Waals surface area contributed by atoms with Crippen LogP contribution in [0.3, 0.4) is 0 Å². The molecule has 0 aliphatic rings. The van der Waals surface area contributed by atoms with Crippen LogP contribution in [-0.2, 0) is 0 Å². The van der Waals surface area contributed by atoms with E-state index >= 15 is 0 Å². The Kier molecular flexibility index (Phi) is 2.79. The van der Waals surface area contributed by atoms with E-state index in [1.165, 1.54) is 0 Å². The Labute approximate surface area is 125 Å². The van der Waals surface area contributed by atoms with Gasteiger partial charge in [0.1, 0.15) is 0 Å². The molecule has 21 heavy (non-hydrogen) atoms. The van der Waals surface area contributed by atoms with Gasteiger partial charge in [-0.15, -0.1) is 11.3 Å². The van der Waals surface area contributed by atoms with Crippen LogP contribution in [0.4, 0.5) is 0 Å². The summed E-state index contributed by atoms with van der Waals surface area (Å²) in [6, 6.07) is 13.9. The number of rotatable bonds is 2. The van der Waals surface area contributed by atoms with Gasteiger partial charge >= 0.3 is 0 Å². The number of fused-ring (bicyclic) bond motifs is 1. The van der Waals surface area contributed by atoms with Crippen molar-refractivity contribution in [1.82, 2.24) is 15.1 Å². The van der Waals surface area contributed by atoms with Gasteiger partial charge in [0.25, 0.3) is 5.89 Å². The van der Waals surface area contributed by atoms with E-state index in [-0.39, 0.29) is 0 Å². The molecule has 0 bridgehead atoms. The van der Waals surface area contributed by atoms with Crippen LogP contribution in [0.25, 0.3) is 33.1 Å². The first kappa shape index (κ1) is 12.2. The van der Waals surface area contributed by atoms with Gasteiger partial charge in [0.05, 0.1) is 10.4 Å². The van der Waals surface area contributed by atoms with Gasteiger partial charge in [0, 0.05) is 16.6 Å². The summed E-state index contributed by atoms with van der Waals surface area (Å²) in [5.74, 6) is 1.15. The summed E-state index contributed by atoms with van der Waals surface area (Å²) in [6.07, 6.45) is 0. The molecule has 4 nitrogen and oxygen atoms in total. The van der Waals surface area contributed by atoms with E-state index in [9.17, 15) is 0 Å². The van der Waals surface area contributed by atoms with E-state index in [1.54, 1.807) is 11.3 Å². The first-order valence-electron chi connectivity index (χ1n) is 6.55. The predicted octanol–water partition coefficient (Wildman–Crippen LogP) is 4.32. The van der Waals surface area contributed by atoms with Gasteiger partial charge in [-0.2, -0.15) is 4.98 Å². The number of aryl methyl sites for hydroxylation is 1. The van der Waals surface area contributed by atoms with E-state index in [2.05, 4.69) is 15.1 Å². The fraction of sp³-hybridized carbons (Fsp3) is 0.0625. The number of thiophene rings is 1. The lowest BCUT2D eigenvalue weighted by Crippen LogP contribution is -1.89. The summed E-state index contributed by atoms with van der Waals surface area (Å²) in [5.41, 5.74) is 2.82. The van der Waals surface area contributed by atoms with Crippen LogP contribution < -0.4 is 0 Å². The highest BCUT2D eigenvalue weighted by Gasteiger charge is 2.14. The molecule has 0 atom stereocenters. The molecule has 4 aromatic rings. The van der Waals surface area contributed by atoms with Crippen molar-refractivity contribution >= 4 is 22.2 Å². The molecule has 5 heteroatoms. The van der Waals surface area contributed by atoms with Crippen LogP contribution in [-0.4, -0.2) is 15.1 Å². The third-order valence-corrected chi connectivity index (χ3v) is 4.10. The third kappa shape index (κ3) is 2.11. The molecular weight excluding hydrogens is 282 g/mol. The Morgan fingerprint density at radius 3 is 2.81 bits per heavy atom. The summed E-state index contributed by atoms with van der Waals surface area (Å²) in [6.45, 7) is 1.97. The zero-order valence-corrected chi connectivity index (χ0v) is 12.1. The Morgan fingerprint density at radius 1 is 1.05 bits per heavy atom. The van der Waals surface area contributed by atoms with E-state index in [1.807, 2.05) is 54.8 Å². The Hall–Kier alpha value is -2.53. The largest absolute Gasteiger partial charge is 0.333 e. The minimum absolute atomic E-state index is 0.554. The Balaban J connectivity index is 1.91. The number of hydrogen-bond donors (Lipinski definition) is 0. The second-order valence-electron chi connectivity index (χ2n) is 4.73. The van der Waals surface area contributed by atoms with E-state index in [0.717, 1.165) is 27.0 Å². The molecule has 0 unspecified atom stereocenters. The van der Waals surface area contributed by atoms with Gasteiger partial charge in [0.2, 0.25) is 5.82 Å². The predicted molar refractivity (Wildman–Crippen MR) is 83.1 cm³/mol. The van der Waals surface area contributed by atoms with Gasteiger partial charge in [-0.25, -0.2) is 0 Å². The molecule has 0 N–H and O–H groups in total. The molecule has 0 amide bonds. The number of para-hydroxylation sites is 1. The molecule has 102 valence electrons. The van der Waals surface area contributed by atoms with Gasteiger partial charge < -0.3 is 4.52 Å². The van der Waals surface area contributed by atoms with Gasteiger partial charge in [-0.05, 0) is 30.5 Å². The first-order valence-corrected chi connectivity index (χ1v) is 7.43. The van der Waals surface area contributed by atoms with Crippen molar-refractivity contribution in [3.8, 4) is 22.2 Å². The molecule has 0 radical (unpaired) electrons. The maximum Gasteiger partial charge on any atom is 0.268 e. The fourth-order valence-electron chi connectivity index (χ4n) is 2.33. The standard InChI is InChI=1S/C16H11N3OS/c1-10-9-12(11-5-2-3-6-13(11)17-10)15-18-16(20-19-15)14-7-4-8-21-14/h2-9H,1H3. The number of pyridine rings is 1. The number of hydrogen-bond acceptors (Lipinski definition) is 5. The molecule has 0 aliphatic heterocycles. The van der Waals surface area contributed by atoms with Crippen molar-refractivity contribution in [2.24, 2.45) is 0 Å². The highest BCUT2D eigenvalue weighted by atomic mass is 32.1. The van der Waals surface area contributed by atoms with Crippen molar-refractivity contribution in [2.75, 3.05) is 0 Å². The minimum atomic E-state index is 0.554. The lowest BCUT2D eigenvalue weighted by atomic mass is 10.1. The van der Waals surface area contributed by atoms with Crippen molar-refractivity contribution in [3.05, 3.63) is 53.5 Å². The quantitative estimate of drug-likeness (QED) is 0.552. The average Bonchev–Trinajstić information content (AvgIpc) is 3.17. The SMILES string of the molecule is Cc1cc(-c2noc(-c3cccs3)n2)c2ccccc2n1. The van der Waals surface area contributed by atoms with Gasteiger partial charge in [0.15, 0.2) is 0 Å². The van der Waals surface area contributed by atoms with Crippen molar-refractivity contribution in [2.45, 2.75) is 6.92 Å². The highest BCUT2D eigenvalue weighted by molar-refractivity contribution is 7.13.